The summed E-state index contributed by atoms with van der Waals surface area (Å²) in [5.41, 5.74) is 7.25. The molecule has 3 N–H and O–H groups in total. The lowest BCUT2D eigenvalue weighted by Gasteiger charge is -2.18. The minimum absolute atomic E-state index is 0.319. The molecule has 1 saturated carbocycles. The van der Waals surface area contributed by atoms with Crippen LogP contribution in [0, 0.1) is 0 Å². The maximum Gasteiger partial charge on any atom is 0.0412 e. The zero-order valence-electron chi connectivity index (χ0n) is 10.6. The summed E-state index contributed by atoms with van der Waals surface area (Å²) in [6, 6.07) is 9.48. The second kappa shape index (κ2) is 5.78. The molecule has 0 spiro atoms. The van der Waals surface area contributed by atoms with E-state index < -0.39 is 0 Å². The molecule has 0 aromatic heterocycles. The maximum absolute atomic E-state index is 6.06. The molecule has 0 aliphatic heterocycles. The molecule has 0 heterocycles. The van der Waals surface area contributed by atoms with Gasteiger partial charge in [-0.2, -0.15) is 0 Å². The number of hydrogen-bond donors (Lipinski definition) is 2. The third-order valence-electron chi connectivity index (χ3n) is 3.15. The van der Waals surface area contributed by atoms with Crippen LogP contribution in [-0.4, -0.2) is 17.3 Å². The summed E-state index contributed by atoms with van der Waals surface area (Å²) >= 11 is 1.90. The van der Waals surface area contributed by atoms with Gasteiger partial charge in [-0.15, -0.1) is 11.8 Å². The second-order valence-corrected chi connectivity index (χ2v) is 6.69. The van der Waals surface area contributed by atoms with Crippen LogP contribution in [0.5, 0.6) is 0 Å². The van der Waals surface area contributed by atoms with Crippen LogP contribution in [0.1, 0.15) is 33.1 Å². The Hall–Kier alpha value is -0.670. The van der Waals surface area contributed by atoms with Gasteiger partial charge in [0.15, 0.2) is 0 Å². The molecule has 2 nitrogen and oxygen atoms in total. The molecule has 2 rings (SSSR count). The molecule has 2 atom stereocenters. The molecule has 3 heteroatoms. The van der Waals surface area contributed by atoms with Gasteiger partial charge < -0.3 is 11.1 Å². The number of thioether (sulfide) groups is 1. The Morgan fingerprint density at radius 2 is 1.94 bits per heavy atom. The third kappa shape index (κ3) is 3.65. The van der Waals surface area contributed by atoms with Crippen molar-refractivity contribution in [2.24, 2.45) is 5.73 Å². The lowest BCUT2D eigenvalue weighted by Crippen LogP contribution is -2.35. The number of nitrogens with two attached hydrogens (primary N) is 1. The van der Waals surface area contributed by atoms with Crippen molar-refractivity contribution < 1.29 is 0 Å². The van der Waals surface area contributed by atoms with Crippen molar-refractivity contribution in [2.45, 2.75) is 55.3 Å². The van der Waals surface area contributed by atoms with Gasteiger partial charge in [0.25, 0.3) is 0 Å². The first-order chi connectivity index (χ1) is 8.15. The SMILES string of the molecule is CC(C)Sc1ccc(NC2CCCC2N)cc1. The van der Waals surface area contributed by atoms with Crippen LogP contribution in [0.3, 0.4) is 0 Å². The molecule has 2 unspecified atom stereocenters. The first kappa shape index (κ1) is 12.8. The Labute approximate surface area is 108 Å². The molecule has 0 bridgehead atoms. The summed E-state index contributed by atoms with van der Waals surface area (Å²) in [7, 11) is 0. The first-order valence-electron chi connectivity index (χ1n) is 6.44. The van der Waals surface area contributed by atoms with Crippen LogP contribution in [0.2, 0.25) is 0 Å². The Morgan fingerprint density at radius 1 is 1.24 bits per heavy atom. The summed E-state index contributed by atoms with van der Waals surface area (Å²) in [5, 5.41) is 4.17. The Balaban J connectivity index is 1.93. The van der Waals surface area contributed by atoms with E-state index in [0.717, 1.165) is 6.42 Å². The minimum atomic E-state index is 0.319. The average molecular weight is 250 g/mol. The van der Waals surface area contributed by atoms with Crippen molar-refractivity contribution in [3.63, 3.8) is 0 Å². The van der Waals surface area contributed by atoms with Gasteiger partial charge in [-0.05, 0) is 43.5 Å². The fraction of sp³-hybridized carbons (Fsp3) is 0.571. The van der Waals surface area contributed by atoms with E-state index in [2.05, 4.69) is 43.4 Å². The van der Waals surface area contributed by atoms with Gasteiger partial charge in [-0.25, -0.2) is 0 Å². The number of benzene rings is 1. The topological polar surface area (TPSA) is 38.0 Å². The van der Waals surface area contributed by atoms with Crippen molar-refractivity contribution in [1.29, 1.82) is 0 Å². The quantitative estimate of drug-likeness (QED) is 0.804. The third-order valence-corrected chi connectivity index (χ3v) is 4.16. The molecule has 17 heavy (non-hydrogen) atoms. The van der Waals surface area contributed by atoms with Gasteiger partial charge in [-0.1, -0.05) is 13.8 Å². The standard InChI is InChI=1S/C14H22N2S/c1-10(2)17-12-8-6-11(7-9-12)16-14-5-3-4-13(14)15/h6-10,13-14,16H,3-5,15H2,1-2H3. The van der Waals surface area contributed by atoms with Gasteiger partial charge in [0.05, 0.1) is 0 Å². The van der Waals surface area contributed by atoms with Gasteiger partial charge in [0.2, 0.25) is 0 Å². The average Bonchev–Trinajstić information content (AvgIpc) is 2.67. The molecule has 1 aliphatic carbocycles. The first-order valence-corrected chi connectivity index (χ1v) is 7.32. The van der Waals surface area contributed by atoms with Crippen molar-refractivity contribution in [3.8, 4) is 0 Å². The van der Waals surface area contributed by atoms with Crippen LogP contribution >= 0.6 is 11.8 Å². The van der Waals surface area contributed by atoms with Crippen LogP contribution in [0.25, 0.3) is 0 Å². The summed E-state index contributed by atoms with van der Waals surface area (Å²) in [4.78, 5) is 1.33. The summed E-state index contributed by atoms with van der Waals surface area (Å²) in [6.45, 7) is 4.43. The lowest BCUT2D eigenvalue weighted by atomic mass is 10.2. The van der Waals surface area contributed by atoms with Crippen LogP contribution in [0.4, 0.5) is 5.69 Å². The van der Waals surface area contributed by atoms with E-state index in [-0.39, 0.29) is 0 Å². The van der Waals surface area contributed by atoms with Crippen LogP contribution in [0.15, 0.2) is 29.2 Å². The van der Waals surface area contributed by atoms with E-state index in [1.54, 1.807) is 0 Å². The van der Waals surface area contributed by atoms with E-state index in [4.69, 9.17) is 5.73 Å². The largest absolute Gasteiger partial charge is 0.381 e. The molecule has 1 aromatic rings. The van der Waals surface area contributed by atoms with Crippen molar-refractivity contribution in [1.82, 2.24) is 0 Å². The van der Waals surface area contributed by atoms with Crippen molar-refractivity contribution in [3.05, 3.63) is 24.3 Å². The highest BCUT2D eigenvalue weighted by Crippen LogP contribution is 2.26. The molecule has 94 valence electrons. The Bertz CT molecular complexity index is 348. The molecule has 1 aromatic carbocycles. The lowest BCUT2D eigenvalue weighted by molar-refractivity contribution is 0.638. The highest BCUT2D eigenvalue weighted by molar-refractivity contribution is 7.99. The second-order valence-electron chi connectivity index (χ2n) is 5.04. The van der Waals surface area contributed by atoms with E-state index in [9.17, 15) is 0 Å². The zero-order valence-corrected chi connectivity index (χ0v) is 11.5. The van der Waals surface area contributed by atoms with E-state index >= 15 is 0 Å². The van der Waals surface area contributed by atoms with Gasteiger partial charge in [0.1, 0.15) is 0 Å². The number of nitrogens with one attached hydrogen (secondary N) is 1. The fourth-order valence-electron chi connectivity index (χ4n) is 2.28. The minimum Gasteiger partial charge on any atom is -0.381 e. The van der Waals surface area contributed by atoms with E-state index in [1.165, 1.54) is 23.4 Å². The van der Waals surface area contributed by atoms with Gasteiger partial charge in [0, 0.05) is 27.9 Å². The van der Waals surface area contributed by atoms with E-state index in [1.807, 2.05) is 11.8 Å². The van der Waals surface area contributed by atoms with Crippen LogP contribution in [-0.2, 0) is 0 Å². The van der Waals surface area contributed by atoms with Gasteiger partial charge >= 0.3 is 0 Å². The molecule has 1 fully saturated rings. The van der Waals surface area contributed by atoms with Crippen LogP contribution < -0.4 is 11.1 Å². The molecular weight excluding hydrogens is 228 g/mol. The predicted molar refractivity (Wildman–Crippen MR) is 76.7 cm³/mol. The number of hydrogen-bond acceptors (Lipinski definition) is 3. The van der Waals surface area contributed by atoms with Crippen molar-refractivity contribution >= 4 is 17.4 Å². The highest BCUT2D eigenvalue weighted by Gasteiger charge is 2.23. The predicted octanol–water partition coefficient (Wildman–Crippen LogP) is 3.48. The smallest absolute Gasteiger partial charge is 0.0412 e. The Kier molecular flexibility index (Phi) is 4.35. The highest BCUT2D eigenvalue weighted by atomic mass is 32.2. The number of anilines is 1. The molecule has 0 saturated heterocycles. The molecule has 1 aliphatic rings. The maximum atomic E-state index is 6.06. The fourth-order valence-corrected chi connectivity index (χ4v) is 3.12. The molecule has 0 radical (unpaired) electrons. The normalized spacial score (nSPS) is 24.2. The van der Waals surface area contributed by atoms with Crippen molar-refractivity contribution in [2.75, 3.05) is 5.32 Å². The summed E-state index contributed by atoms with van der Waals surface area (Å²) in [5.74, 6) is 0. The monoisotopic (exact) mass is 250 g/mol. The van der Waals surface area contributed by atoms with E-state index in [0.29, 0.717) is 17.3 Å². The van der Waals surface area contributed by atoms with Gasteiger partial charge in [-0.3, -0.25) is 0 Å². The molecule has 0 amide bonds. The Morgan fingerprint density at radius 3 is 2.47 bits per heavy atom. The molecular formula is C14H22N2S. The summed E-state index contributed by atoms with van der Waals surface area (Å²) < 4.78 is 0. The zero-order chi connectivity index (χ0) is 12.3. The summed E-state index contributed by atoms with van der Waals surface area (Å²) in [6.07, 6.45) is 3.60. The number of rotatable bonds is 4.